The van der Waals surface area contributed by atoms with Gasteiger partial charge in [0.2, 0.25) is 5.16 Å². The second-order valence-corrected chi connectivity index (χ2v) is 6.18. The number of halogens is 2. The van der Waals surface area contributed by atoms with Gasteiger partial charge in [-0.3, -0.25) is 0 Å². The Bertz CT molecular complexity index is 662. The zero-order chi connectivity index (χ0) is 15.6. The van der Waals surface area contributed by atoms with Crippen LogP contribution in [0.1, 0.15) is 31.2 Å². The summed E-state index contributed by atoms with van der Waals surface area (Å²) in [5.41, 5.74) is 0.679. The normalized spacial score (nSPS) is 11.7. The average Bonchev–Trinajstić information content (AvgIpc) is 2.85. The van der Waals surface area contributed by atoms with E-state index in [1.807, 2.05) is 20.1 Å². The fourth-order valence-electron chi connectivity index (χ4n) is 1.66. The minimum absolute atomic E-state index is 0.132. The first-order valence-electron chi connectivity index (χ1n) is 6.15. The maximum absolute atomic E-state index is 9.55. The zero-order valence-electron chi connectivity index (χ0n) is 11.7. The van der Waals surface area contributed by atoms with Crippen molar-refractivity contribution in [2.75, 3.05) is 6.26 Å². The Morgan fingerprint density at radius 2 is 1.90 bits per heavy atom. The predicted molar refractivity (Wildman–Crippen MR) is 87.0 cm³/mol. The van der Waals surface area contributed by atoms with Crippen LogP contribution in [0.25, 0.3) is 0 Å². The molecule has 0 aliphatic heterocycles. The highest BCUT2D eigenvalue weighted by atomic mass is 35.5. The molecule has 0 saturated carbocycles. The van der Waals surface area contributed by atoms with E-state index in [-0.39, 0.29) is 21.7 Å². The lowest BCUT2D eigenvalue weighted by molar-refractivity contribution is 0.476. The van der Waals surface area contributed by atoms with Crippen molar-refractivity contribution in [3.8, 4) is 5.75 Å². The molecule has 1 aromatic heterocycles. The molecule has 1 aromatic carbocycles. The van der Waals surface area contributed by atoms with E-state index in [0.717, 1.165) is 5.82 Å². The molecule has 0 aliphatic rings. The highest BCUT2D eigenvalue weighted by Gasteiger charge is 2.13. The van der Waals surface area contributed by atoms with Gasteiger partial charge in [0.15, 0.2) is 11.6 Å². The van der Waals surface area contributed by atoms with Crippen molar-refractivity contribution in [1.82, 2.24) is 14.9 Å². The molecule has 0 unspecified atom stereocenters. The van der Waals surface area contributed by atoms with Crippen molar-refractivity contribution in [3.63, 3.8) is 0 Å². The van der Waals surface area contributed by atoms with Crippen LogP contribution in [0, 0.1) is 0 Å². The minimum Gasteiger partial charge on any atom is -0.505 e. The van der Waals surface area contributed by atoms with E-state index in [0.29, 0.717) is 10.7 Å². The average molecular weight is 345 g/mol. The molecular weight excluding hydrogens is 331 g/mol. The van der Waals surface area contributed by atoms with Gasteiger partial charge < -0.3 is 5.11 Å². The van der Waals surface area contributed by atoms with Crippen LogP contribution >= 0.6 is 35.0 Å². The lowest BCUT2D eigenvalue weighted by atomic mass is 10.2. The van der Waals surface area contributed by atoms with Gasteiger partial charge in [-0.05, 0) is 24.0 Å². The van der Waals surface area contributed by atoms with Gasteiger partial charge in [-0.25, -0.2) is 0 Å². The SMILES string of the molecule is CSc1nnc(C(C)C)n1/N=C\c1cc(Cl)c(O)c(Cl)c1. The van der Waals surface area contributed by atoms with Gasteiger partial charge in [0.25, 0.3) is 0 Å². The van der Waals surface area contributed by atoms with Crippen LogP contribution in [0.2, 0.25) is 10.0 Å². The molecule has 0 saturated heterocycles. The van der Waals surface area contributed by atoms with Gasteiger partial charge in [0.05, 0.1) is 16.3 Å². The quantitative estimate of drug-likeness (QED) is 0.672. The third-order valence-corrected chi connectivity index (χ3v) is 3.89. The van der Waals surface area contributed by atoms with Crippen LogP contribution in [-0.2, 0) is 0 Å². The minimum atomic E-state index is -0.132. The third kappa shape index (κ3) is 3.51. The monoisotopic (exact) mass is 344 g/mol. The van der Waals surface area contributed by atoms with E-state index >= 15 is 0 Å². The Morgan fingerprint density at radius 3 is 2.43 bits per heavy atom. The molecule has 0 radical (unpaired) electrons. The van der Waals surface area contributed by atoms with Crippen LogP contribution < -0.4 is 0 Å². The first-order chi connectivity index (χ1) is 9.93. The zero-order valence-corrected chi connectivity index (χ0v) is 14.0. The first-order valence-corrected chi connectivity index (χ1v) is 8.13. The Kier molecular flexibility index (Phi) is 5.13. The Balaban J connectivity index is 2.40. The molecule has 0 fully saturated rings. The number of hydrogen-bond donors (Lipinski definition) is 1. The number of phenolic OH excluding ortho intramolecular Hbond substituents is 1. The fraction of sp³-hybridized carbons (Fsp3) is 0.308. The molecule has 0 amide bonds. The van der Waals surface area contributed by atoms with Crippen molar-refractivity contribution in [3.05, 3.63) is 33.6 Å². The number of rotatable bonds is 4. The number of benzene rings is 1. The predicted octanol–water partition coefficient (Wildman–Crippen LogP) is 4.02. The number of phenols is 1. The van der Waals surface area contributed by atoms with Gasteiger partial charge in [-0.1, -0.05) is 48.8 Å². The topological polar surface area (TPSA) is 63.3 Å². The maximum Gasteiger partial charge on any atom is 0.211 e. The summed E-state index contributed by atoms with van der Waals surface area (Å²) in [4.78, 5) is 0. The molecular formula is C13H14Cl2N4OS. The molecule has 0 atom stereocenters. The Labute approximate surface area is 137 Å². The number of nitrogens with zero attached hydrogens (tertiary/aromatic N) is 4. The van der Waals surface area contributed by atoms with Gasteiger partial charge in [0, 0.05) is 5.92 Å². The second-order valence-electron chi connectivity index (χ2n) is 4.59. The van der Waals surface area contributed by atoms with Crippen LogP contribution in [0.4, 0.5) is 0 Å². The third-order valence-electron chi connectivity index (χ3n) is 2.70. The molecule has 21 heavy (non-hydrogen) atoms. The lowest BCUT2D eigenvalue weighted by Crippen LogP contribution is -2.02. The number of hydrogen-bond acceptors (Lipinski definition) is 5. The first kappa shape index (κ1) is 16.1. The van der Waals surface area contributed by atoms with Gasteiger partial charge in [-0.2, -0.15) is 9.78 Å². The van der Waals surface area contributed by atoms with Crippen molar-refractivity contribution in [2.24, 2.45) is 5.10 Å². The molecule has 0 aliphatic carbocycles. The molecule has 2 rings (SSSR count). The number of aromatic nitrogens is 3. The van der Waals surface area contributed by atoms with Crippen molar-refractivity contribution >= 4 is 41.2 Å². The summed E-state index contributed by atoms with van der Waals surface area (Å²) in [7, 11) is 0. The highest BCUT2D eigenvalue weighted by Crippen LogP contribution is 2.32. The summed E-state index contributed by atoms with van der Waals surface area (Å²) < 4.78 is 1.68. The number of thioether (sulfide) groups is 1. The smallest absolute Gasteiger partial charge is 0.211 e. The van der Waals surface area contributed by atoms with E-state index < -0.39 is 0 Å². The van der Waals surface area contributed by atoms with Crippen LogP contribution in [0.15, 0.2) is 22.4 Å². The van der Waals surface area contributed by atoms with Gasteiger partial charge in [-0.15, -0.1) is 10.2 Å². The summed E-state index contributed by atoms with van der Waals surface area (Å²) in [5.74, 6) is 0.835. The van der Waals surface area contributed by atoms with E-state index in [1.54, 1.807) is 23.0 Å². The molecule has 112 valence electrons. The Hall–Kier alpha value is -1.24. The Morgan fingerprint density at radius 1 is 1.29 bits per heavy atom. The highest BCUT2D eigenvalue weighted by molar-refractivity contribution is 7.98. The molecule has 8 heteroatoms. The summed E-state index contributed by atoms with van der Waals surface area (Å²) >= 11 is 13.2. The van der Waals surface area contributed by atoms with E-state index in [1.165, 1.54) is 11.8 Å². The molecule has 0 spiro atoms. The van der Waals surface area contributed by atoms with Crippen molar-refractivity contribution in [2.45, 2.75) is 24.9 Å². The summed E-state index contributed by atoms with van der Waals surface area (Å²) in [6, 6.07) is 3.18. The van der Waals surface area contributed by atoms with Crippen LogP contribution in [-0.4, -0.2) is 32.5 Å². The van der Waals surface area contributed by atoms with Crippen molar-refractivity contribution < 1.29 is 5.11 Å². The van der Waals surface area contributed by atoms with Crippen LogP contribution in [0.5, 0.6) is 5.75 Å². The molecule has 2 aromatic rings. The van der Waals surface area contributed by atoms with Gasteiger partial charge >= 0.3 is 0 Å². The fourth-order valence-corrected chi connectivity index (χ4v) is 2.60. The van der Waals surface area contributed by atoms with E-state index in [2.05, 4.69) is 15.3 Å². The molecule has 0 bridgehead atoms. The van der Waals surface area contributed by atoms with Crippen LogP contribution in [0.3, 0.4) is 0 Å². The largest absolute Gasteiger partial charge is 0.505 e. The van der Waals surface area contributed by atoms with E-state index in [4.69, 9.17) is 23.2 Å². The van der Waals surface area contributed by atoms with E-state index in [9.17, 15) is 5.11 Å². The molecule has 1 N–H and O–H groups in total. The van der Waals surface area contributed by atoms with Gasteiger partial charge in [0.1, 0.15) is 0 Å². The number of aromatic hydroxyl groups is 1. The second kappa shape index (κ2) is 6.68. The standard InChI is InChI=1S/C13H14Cl2N4OS/c1-7(2)12-17-18-13(21-3)19(12)16-6-8-4-9(14)11(20)10(15)5-8/h4-7,20H,1-3H3/b16-6-. The summed E-state index contributed by atoms with van der Waals surface area (Å²) in [6.45, 7) is 4.04. The lowest BCUT2D eigenvalue weighted by Gasteiger charge is -2.05. The summed E-state index contributed by atoms with van der Waals surface area (Å²) in [5, 5.41) is 23.2. The maximum atomic E-state index is 9.55. The van der Waals surface area contributed by atoms with Crippen molar-refractivity contribution in [1.29, 1.82) is 0 Å². The summed E-state index contributed by atoms with van der Waals surface area (Å²) in [6.07, 6.45) is 3.51. The molecule has 1 heterocycles. The molecule has 5 nitrogen and oxygen atoms in total.